The first kappa shape index (κ1) is 19.4. The number of nitrogens with zero attached hydrogens (tertiary/aromatic N) is 3. The number of morpholine rings is 1. The van der Waals surface area contributed by atoms with Gasteiger partial charge in [-0.25, -0.2) is 0 Å². The lowest BCUT2D eigenvalue weighted by Crippen LogP contribution is -2.35. The van der Waals surface area contributed by atoms with Crippen molar-refractivity contribution in [3.05, 3.63) is 65.2 Å². The molecule has 0 bridgehead atoms. The molecular formula is C20H24N4O2S. The van der Waals surface area contributed by atoms with Gasteiger partial charge in [-0.2, -0.15) is 5.10 Å². The van der Waals surface area contributed by atoms with E-state index in [1.165, 1.54) is 23.5 Å². The standard InChI is InChI=1S/C20H24N4O2S/c21-20(27-15-16-4-2-1-3-5-16)23-22-13-18-12-17(6-7-19(18)25)14-24-8-10-26-11-9-24/h1-7,12-13,25H,8-11,14-15H2,(H2,21,23). The van der Waals surface area contributed by atoms with E-state index in [0.717, 1.165) is 44.2 Å². The highest BCUT2D eigenvalue weighted by Gasteiger charge is 2.11. The van der Waals surface area contributed by atoms with E-state index >= 15 is 0 Å². The largest absolute Gasteiger partial charge is 0.507 e. The fourth-order valence-corrected chi connectivity index (χ4v) is 3.34. The predicted molar refractivity (Wildman–Crippen MR) is 111 cm³/mol. The third-order valence-electron chi connectivity index (χ3n) is 4.18. The number of hydrogen-bond donors (Lipinski definition) is 2. The minimum atomic E-state index is 0.176. The van der Waals surface area contributed by atoms with E-state index in [4.69, 9.17) is 10.5 Å². The Labute approximate surface area is 163 Å². The van der Waals surface area contributed by atoms with Gasteiger partial charge in [-0.05, 0) is 23.3 Å². The van der Waals surface area contributed by atoms with Crippen LogP contribution in [0.3, 0.4) is 0 Å². The number of benzene rings is 2. The third kappa shape index (κ3) is 6.39. The van der Waals surface area contributed by atoms with E-state index in [2.05, 4.69) is 15.1 Å². The van der Waals surface area contributed by atoms with Gasteiger partial charge in [0.25, 0.3) is 0 Å². The quantitative estimate of drug-likeness (QED) is 0.455. The molecule has 6 nitrogen and oxygen atoms in total. The first-order chi connectivity index (χ1) is 13.2. The second-order valence-corrected chi connectivity index (χ2v) is 7.23. The van der Waals surface area contributed by atoms with Crippen LogP contribution in [0.15, 0.2) is 58.7 Å². The van der Waals surface area contributed by atoms with E-state index in [1.54, 1.807) is 6.07 Å². The SMILES string of the molecule is NC(=NN=Cc1cc(CN2CCOCC2)ccc1O)SCc1ccccc1. The molecule has 0 amide bonds. The van der Waals surface area contributed by atoms with Gasteiger partial charge >= 0.3 is 0 Å². The van der Waals surface area contributed by atoms with Crippen LogP contribution in [0.4, 0.5) is 0 Å². The molecule has 2 aromatic carbocycles. The molecule has 1 saturated heterocycles. The molecule has 0 saturated carbocycles. The molecule has 0 aliphatic carbocycles. The zero-order chi connectivity index (χ0) is 18.9. The lowest BCUT2D eigenvalue weighted by molar-refractivity contribution is 0.0342. The number of ether oxygens (including phenoxy) is 1. The highest BCUT2D eigenvalue weighted by atomic mass is 32.2. The number of aromatic hydroxyl groups is 1. The van der Waals surface area contributed by atoms with Crippen LogP contribution in [0.1, 0.15) is 16.7 Å². The Hall–Kier alpha value is -2.35. The molecule has 1 aliphatic rings. The Morgan fingerprint density at radius 2 is 1.93 bits per heavy atom. The molecule has 0 unspecified atom stereocenters. The minimum absolute atomic E-state index is 0.176. The van der Waals surface area contributed by atoms with Crippen molar-refractivity contribution < 1.29 is 9.84 Å². The van der Waals surface area contributed by atoms with Crippen LogP contribution in [0, 0.1) is 0 Å². The summed E-state index contributed by atoms with van der Waals surface area (Å²) in [5.41, 5.74) is 8.82. The van der Waals surface area contributed by atoms with Crippen molar-refractivity contribution in [2.75, 3.05) is 26.3 Å². The number of amidine groups is 1. The Morgan fingerprint density at radius 1 is 1.15 bits per heavy atom. The molecular weight excluding hydrogens is 360 g/mol. The van der Waals surface area contributed by atoms with Gasteiger partial charge in [0.15, 0.2) is 5.17 Å². The van der Waals surface area contributed by atoms with E-state index in [0.29, 0.717) is 10.7 Å². The molecule has 1 heterocycles. The molecule has 3 N–H and O–H groups in total. The van der Waals surface area contributed by atoms with Gasteiger partial charge in [0.1, 0.15) is 5.75 Å². The van der Waals surface area contributed by atoms with Crippen LogP contribution in [0.2, 0.25) is 0 Å². The van der Waals surface area contributed by atoms with Crippen LogP contribution in [-0.2, 0) is 17.0 Å². The molecule has 27 heavy (non-hydrogen) atoms. The van der Waals surface area contributed by atoms with Crippen LogP contribution in [0.25, 0.3) is 0 Å². The second kappa shape index (κ2) is 10.1. The van der Waals surface area contributed by atoms with Crippen molar-refractivity contribution in [3.8, 4) is 5.75 Å². The average Bonchev–Trinajstić information content (AvgIpc) is 2.70. The zero-order valence-corrected chi connectivity index (χ0v) is 15.9. The number of phenols is 1. The van der Waals surface area contributed by atoms with Crippen molar-refractivity contribution in [1.82, 2.24) is 4.90 Å². The summed E-state index contributed by atoms with van der Waals surface area (Å²) in [7, 11) is 0. The fraction of sp³-hybridized carbons (Fsp3) is 0.300. The summed E-state index contributed by atoms with van der Waals surface area (Å²) < 4.78 is 5.37. The number of nitrogens with two attached hydrogens (primary N) is 1. The Bertz CT molecular complexity index is 790. The summed E-state index contributed by atoms with van der Waals surface area (Å²) >= 11 is 1.43. The average molecular weight is 385 g/mol. The van der Waals surface area contributed by atoms with Gasteiger partial charge in [-0.1, -0.05) is 48.2 Å². The number of rotatable bonds is 6. The van der Waals surface area contributed by atoms with E-state index < -0.39 is 0 Å². The maximum absolute atomic E-state index is 10.0. The zero-order valence-electron chi connectivity index (χ0n) is 15.1. The molecule has 1 fully saturated rings. The summed E-state index contributed by atoms with van der Waals surface area (Å²) in [5.74, 6) is 0.918. The van der Waals surface area contributed by atoms with Crippen molar-refractivity contribution in [3.63, 3.8) is 0 Å². The van der Waals surface area contributed by atoms with Crippen molar-refractivity contribution in [2.45, 2.75) is 12.3 Å². The summed E-state index contributed by atoms with van der Waals surface area (Å²) in [6, 6.07) is 15.6. The summed E-state index contributed by atoms with van der Waals surface area (Å²) in [6.45, 7) is 4.19. The smallest absolute Gasteiger partial charge is 0.180 e. The summed E-state index contributed by atoms with van der Waals surface area (Å²) in [5, 5.41) is 18.5. The monoisotopic (exact) mass is 384 g/mol. The first-order valence-electron chi connectivity index (χ1n) is 8.86. The van der Waals surface area contributed by atoms with Gasteiger partial charge in [0, 0.05) is 31.0 Å². The normalized spacial score (nSPS) is 16.1. The van der Waals surface area contributed by atoms with Crippen LogP contribution >= 0.6 is 11.8 Å². The molecule has 142 valence electrons. The fourth-order valence-electron chi connectivity index (χ4n) is 2.73. The van der Waals surface area contributed by atoms with Gasteiger partial charge in [-0.3, -0.25) is 4.90 Å². The van der Waals surface area contributed by atoms with Gasteiger partial charge in [-0.15, -0.1) is 5.10 Å². The van der Waals surface area contributed by atoms with Crippen LogP contribution in [-0.4, -0.2) is 47.7 Å². The van der Waals surface area contributed by atoms with E-state index in [9.17, 15) is 5.11 Å². The lowest BCUT2D eigenvalue weighted by atomic mass is 10.1. The molecule has 2 aromatic rings. The van der Waals surface area contributed by atoms with Crippen molar-refractivity contribution in [1.29, 1.82) is 0 Å². The topological polar surface area (TPSA) is 83.4 Å². The third-order valence-corrected chi connectivity index (χ3v) is 5.04. The Kier molecular flexibility index (Phi) is 7.27. The predicted octanol–water partition coefficient (Wildman–Crippen LogP) is 2.81. The van der Waals surface area contributed by atoms with Crippen LogP contribution < -0.4 is 5.73 Å². The molecule has 0 spiro atoms. The van der Waals surface area contributed by atoms with Crippen LogP contribution in [0.5, 0.6) is 5.75 Å². The maximum Gasteiger partial charge on any atom is 0.180 e. The van der Waals surface area contributed by atoms with E-state index in [1.807, 2.05) is 42.5 Å². The molecule has 1 aliphatic heterocycles. The lowest BCUT2D eigenvalue weighted by Gasteiger charge is -2.26. The minimum Gasteiger partial charge on any atom is -0.507 e. The molecule has 7 heteroatoms. The highest BCUT2D eigenvalue weighted by molar-refractivity contribution is 8.13. The summed E-state index contributed by atoms with van der Waals surface area (Å²) in [6.07, 6.45) is 1.54. The van der Waals surface area contributed by atoms with Gasteiger partial charge in [0.2, 0.25) is 0 Å². The first-order valence-corrected chi connectivity index (χ1v) is 9.84. The Morgan fingerprint density at radius 3 is 2.70 bits per heavy atom. The van der Waals surface area contributed by atoms with E-state index in [-0.39, 0.29) is 5.75 Å². The molecule has 0 radical (unpaired) electrons. The summed E-state index contributed by atoms with van der Waals surface area (Å²) in [4.78, 5) is 2.33. The van der Waals surface area contributed by atoms with Crippen molar-refractivity contribution in [2.24, 2.45) is 15.9 Å². The number of phenolic OH excluding ortho intramolecular Hbond substituents is 1. The molecule has 3 rings (SSSR count). The van der Waals surface area contributed by atoms with Gasteiger partial charge in [0.05, 0.1) is 19.4 Å². The Balaban J connectivity index is 1.57. The van der Waals surface area contributed by atoms with Gasteiger partial charge < -0.3 is 15.6 Å². The number of hydrogen-bond acceptors (Lipinski definition) is 6. The van der Waals surface area contributed by atoms with Crippen molar-refractivity contribution >= 4 is 23.1 Å². The second-order valence-electron chi connectivity index (χ2n) is 6.24. The molecule has 0 aromatic heterocycles. The number of thioether (sulfide) groups is 1. The maximum atomic E-state index is 10.0. The highest BCUT2D eigenvalue weighted by Crippen LogP contribution is 2.18. The molecule has 0 atom stereocenters.